The number of hydrogen-bond acceptors (Lipinski definition) is 5. The largest absolute Gasteiger partial charge is 0.475 e. The summed E-state index contributed by atoms with van der Waals surface area (Å²) in [5, 5.41) is 3.25. The molecule has 0 atom stereocenters. The molecule has 0 saturated carbocycles. The normalized spacial score (nSPS) is 15.2. The van der Waals surface area contributed by atoms with E-state index in [1.807, 2.05) is 7.05 Å². The van der Waals surface area contributed by atoms with E-state index in [9.17, 15) is 0 Å². The zero-order valence-electron chi connectivity index (χ0n) is 10.0. The molecule has 1 N–H and O–H groups in total. The van der Waals surface area contributed by atoms with Crippen LogP contribution in [0.25, 0.3) is 0 Å². The summed E-state index contributed by atoms with van der Waals surface area (Å²) in [4.78, 5) is 11.0. The Balaban J connectivity index is 2.27. The average Bonchev–Trinajstić information content (AvgIpc) is 2.51. The first-order valence-corrected chi connectivity index (χ1v) is 5.60. The Bertz CT molecular complexity index is 367. The maximum atomic E-state index is 5.49. The fraction of sp³-hybridized carbons (Fsp3) is 0.636. The molecule has 0 aromatic carbocycles. The fourth-order valence-corrected chi connectivity index (χ4v) is 1.50. The molecule has 2 rings (SSSR count). The van der Waals surface area contributed by atoms with Gasteiger partial charge in [0.15, 0.2) is 0 Å². The summed E-state index contributed by atoms with van der Waals surface area (Å²) < 4.78 is 5.49. The Hall–Kier alpha value is -1.36. The molecule has 0 aliphatic carbocycles. The summed E-state index contributed by atoms with van der Waals surface area (Å²) in [5.41, 5.74) is 0.891. The lowest BCUT2D eigenvalue weighted by molar-refractivity contribution is 0.313. The summed E-state index contributed by atoms with van der Waals surface area (Å²) in [6.07, 6.45) is 1.77. The third-order valence-electron chi connectivity index (χ3n) is 2.74. The van der Waals surface area contributed by atoms with E-state index in [2.05, 4.69) is 34.0 Å². The lowest BCUT2D eigenvalue weighted by Crippen LogP contribution is -2.27. The third-order valence-corrected chi connectivity index (χ3v) is 2.74. The number of nitrogens with zero attached hydrogens (tertiary/aromatic N) is 3. The van der Waals surface area contributed by atoms with Crippen molar-refractivity contribution < 1.29 is 4.74 Å². The Kier molecular flexibility index (Phi) is 3.24. The summed E-state index contributed by atoms with van der Waals surface area (Å²) >= 11 is 0. The molecule has 88 valence electrons. The first-order valence-electron chi connectivity index (χ1n) is 5.60. The third kappa shape index (κ3) is 2.24. The van der Waals surface area contributed by atoms with Crippen LogP contribution >= 0.6 is 0 Å². The molecular formula is C11H18N4O. The van der Waals surface area contributed by atoms with Crippen LogP contribution in [0.3, 0.4) is 0 Å². The molecule has 16 heavy (non-hydrogen) atoms. The van der Waals surface area contributed by atoms with Crippen molar-refractivity contribution in [1.29, 1.82) is 0 Å². The predicted octanol–water partition coefficient (Wildman–Crippen LogP) is 0.803. The molecule has 1 aliphatic rings. The predicted molar refractivity (Wildman–Crippen MR) is 62.8 cm³/mol. The summed E-state index contributed by atoms with van der Waals surface area (Å²) in [6.45, 7) is 6.47. The van der Waals surface area contributed by atoms with Gasteiger partial charge >= 0.3 is 0 Å². The quantitative estimate of drug-likeness (QED) is 0.802. The van der Waals surface area contributed by atoms with Gasteiger partial charge in [-0.2, -0.15) is 0 Å². The van der Waals surface area contributed by atoms with Crippen LogP contribution in [-0.2, 0) is 6.54 Å². The van der Waals surface area contributed by atoms with Crippen LogP contribution in [-0.4, -0.2) is 36.2 Å². The molecule has 0 radical (unpaired) electrons. The molecule has 0 amide bonds. The van der Waals surface area contributed by atoms with Gasteiger partial charge in [-0.25, -0.2) is 9.97 Å². The van der Waals surface area contributed by atoms with E-state index in [4.69, 9.17) is 4.74 Å². The second-order valence-electron chi connectivity index (χ2n) is 4.21. The van der Waals surface area contributed by atoms with E-state index in [1.54, 1.807) is 6.20 Å². The van der Waals surface area contributed by atoms with Gasteiger partial charge in [0, 0.05) is 26.2 Å². The summed E-state index contributed by atoms with van der Waals surface area (Å²) in [7, 11) is 2.02. The fourth-order valence-electron chi connectivity index (χ4n) is 1.50. The minimum Gasteiger partial charge on any atom is -0.475 e. The molecule has 5 heteroatoms. The standard InChI is InChI=1S/C11H18N4O/c1-8(2)15(3)10-7-13-11-9(14-10)6-12-4-5-16-11/h7-8,12H,4-6H2,1-3H3. The molecule has 1 aromatic heterocycles. The van der Waals surface area contributed by atoms with E-state index in [-0.39, 0.29) is 0 Å². The minimum atomic E-state index is 0.409. The molecule has 1 aliphatic heterocycles. The number of anilines is 1. The zero-order chi connectivity index (χ0) is 11.5. The van der Waals surface area contributed by atoms with Crippen LogP contribution < -0.4 is 15.0 Å². The number of ether oxygens (including phenoxy) is 1. The van der Waals surface area contributed by atoms with Gasteiger partial charge in [0.25, 0.3) is 0 Å². The van der Waals surface area contributed by atoms with E-state index >= 15 is 0 Å². The summed E-state index contributed by atoms with van der Waals surface area (Å²) in [5.74, 6) is 1.55. The number of nitrogens with one attached hydrogen (secondary N) is 1. The smallest absolute Gasteiger partial charge is 0.237 e. The Morgan fingerprint density at radius 3 is 3.06 bits per heavy atom. The van der Waals surface area contributed by atoms with Crippen molar-refractivity contribution in [1.82, 2.24) is 15.3 Å². The van der Waals surface area contributed by atoms with E-state index in [0.29, 0.717) is 18.5 Å². The van der Waals surface area contributed by atoms with Crippen molar-refractivity contribution in [3.63, 3.8) is 0 Å². The van der Waals surface area contributed by atoms with Crippen molar-refractivity contribution in [3.8, 4) is 5.88 Å². The first kappa shape index (κ1) is 11.1. The maximum absolute atomic E-state index is 5.49. The minimum absolute atomic E-state index is 0.409. The van der Waals surface area contributed by atoms with Crippen LogP contribution in [0, 0.1) is 0 Å². The van der Waals surface area contributed by atoms with E-state index in [1.165, 1.54) is 0 Å². The van der Waals surface area contributed by atoms with E-state index < -0.39 is 0 Å². The van der Waals surface area contributed by atoms with Gasteiger partial charge in [-0.3, -0.25) is 0 Å². The van der Waals surface area contributed by atoms with Gasteiger partial charge in [-0.1, -0.05) is 0 Å². The van der Waals surface area contributed by atoms with Crippen molar-refractivity contribution in [2.24, 2.45) is 0 Å². The summed E-state index contributed by atoms with van der Waals surface area (Å²) in [6, 6.07) is 0.409. The number of aromatic nitrogens is 2. The number of fused-ring (bicyclic) bond motifs is 1. The second-order valence-corrected chi connectivity index (χ2v) is 4.21. The van der Waals surface area contributed by atoms with Gasteiger partial charge in [0.05, 0.1) is 6.20 Å². The van der Waals surface area contributed by atoms with Crippen LogP contribution in [0.15, 0.2) is 6.20 Å². The highest BCUT2D eigenvalue weighted by Crippen LogP contribution is 2.19. The molecule has 0 fully saturated rings. The van der Waals surface area contributed by atoms with Crippen LogP contribution in [0.5, 0.6) is 5.88 Å². The Labute approximate surface area is 95.8 Å². The Morgan fingerprint density at radius 2 is 2.31 bits per heavy atom. The second kappa shape index (κ2) is 4.65. The van der Waals surface area contributed by atoms with E-state index in [0.717, 1.165) is 24.6 Å². The van der Waals surface area contributed by atoms with Crippen molar-refractivity contribution >= 4 is 5.82 Å². The topological polar surface area (TPSA) is 50.3 Å². The molecular weight excluding hydrogens is 204 g/mol. The highest BCUT2D eigenvalue weighted by molar-refractivity contribution is 5.39. The van der Waals surface area contributed by atoms with Crippen molar-refractivity contribution in [2.45, 2.75) is 26.4 Å². The highest BCUT2D eigenvalue weighted by Gasteiger charge is 2.14. The first-order chi connectivity index (χ1) is 7.68. The average molecular weight is 222 g/mol. The van der Waals surface area contributed by atoms with Gasteiger partial charge < -0.3 is 15.0 Å². The van der Waals surface area contributed by atoms with Gasteiger partial charge in [-0.05, 0) is 13.8 Å². The van der Waals surface area contributed by atoms with Crippen LogP contribution in [0.4, 0.5) is 5.82 Å². The Morgan fingerprint density at radius 1 is 1.50 bits per heavy atom. The lowest BCUT2D eigenvalue weighted by Gasteiger charge is -2.22. The van der Waals surface area contributed by atoms with Gasteiger partial charge in [-0.15, -0.1) is 0 Å². The maximum Gasteiger partial charge on any atom is 0.237 e. The molecule has 0 bridgehead atoms. The monoisotopic (exact) mass is 222 g/mol. The molecule has 0 saturated heterocycles. The molecule has 5 nitrogen and oxygen atoms in total. The molecule has 2 heterocycles. The zero-order valence-corrected chi connectivity index (χ0v) is 10.0. The molecule has 0 unspecified atom stereocenters. The van der Waals surface area contributed by atoms with Crippen LogP contribution in [0.1, 0.15) is 19.5 Å². The SMILES string of the molecule is CC(C)N(C)c1cnc2c(n1)CNCCO2. The van der Waals surface area contributed by atoms with Crippen molar-refractivity contribution in [3.05, 3.63) is 11.9 Å². The number of hydrogen-bond donors (Lipinski definition) is 1. The lowest BCUT2D eigenvalue weighted by atomic mass is 10.3. The number of rotatable bonds is 2. The molecule has 0 spiro atoms. The van der Waals surface area contributed by atoms with Gasteiger partial charge in [0.1, 0.15) is 18.1 Å². The molecule has 1 aromatic rings. The highest BCUT2D eigenvalue weighted by atomic mass is 16.5. The van der Waals surface area contributed by atoms with Crippen molar-refractivity contribution in [2.75, 3.05) is 25.1 Å². The van der Waals surface area contributed by atoms with Crippen LogP contribution in [0.2, 0.25) is 0 Å². The van der Waals surface area contributed by atoms with Gasteiger partial charge in [0.2, 0.25) is 5.88 Å².